The lowest BCUT2D eigenvalue weighted by Crippen LogP contribution is -2.60. The van der Waals surface area contributed by atoms with E-state index >= 15 is 0 Å². The zero-order valence-corrected chi connectivity index (χ0v) is 12.5. The van der Waals surface area contributed by atoms with E-state index in [4.69, 9.17) is 5.11 Å². The van der Waals surface area contributed by atoms with Crippen LogP contribution in [0.2, 0.25) is 0 Å². The van der Waals surface area contributed by atoms with Gasteiger partial charge in [-0.05, 0) is 37.5 Å². The van der Waals surface area contributed by atoms with Gasteiger partial charge in [0.1, 0.15) is 0 Å². The Morgan fingerprint density at radius 1 is 1.15 bits per heavy atom. The van der Waals surface area contributed by atoms with Gasteiger partial charge in [0.05, 0.1) is 12.0 Å². The average Bonchev–Trinajstić information content (AvgIpc) is 2.28. The van der Waals surface area contributed by atoms with Crippen LogP contribution >= 0.6 is 0 Å². The number of carboxylic acid groups (broad SMARTS) is 1. The number of nitrogens with one attached hydrogen (secondary N) is 2. The molecule has 0 spiro atoms. The Kier molecular flexibility index (Phi) is 4.25. The summed E-state index contributed by atoms with van der Waals surface area (Å²) in [5.41, 5.74) is -0.399. The summed E-state index contributed by atoms with van der Waals surface area (Å²) in [7, 11) is 0. The number of carboxylic acids is 1. The second kappa shape index (κ2) is 5.62. The van der Waals surface area contributed by atoms with Crippen molar-refractivity contribution in [2.45, 2.75) is 76.8 Å². The molecule has 2 fully saturated rings. The first-order chi connectivity index (χ1) is 9.33. The molecule has 0 radical (unpaired) electrons. The molecule has 0 saturated heterocycles. The maximum Gasteiger partial charge on any atom is 0.315 e. The second-order valence-electron chi connectivity index (χ2n) is 7.09. The molecule has 0 aromatic carbocycles. The van der Waals surface area contributed by atoms with Crippen molar-refractivity contribution in [3.05, 3.63) is 0 Å². The fourth-order valence-corrected chi connectivity index (χ4v) is 3.44. The van der Waals surface area contributed by atoms with Gasteiger partial charge in [0.2, 0.25) is 0 Å². The lowest BCUT2D eigenvalue weighted by molar-refractivity contribution is -0.139. The van der Waals surface area contributed by atoms with Crippen LogP contribution in [0.1, 0.15) is 65.2 Å². The van der Waals surface area contributed by atoms with Gasteiger partial charge in [-0.1, -0.05) is 26.7 Å². The van der Waals surface area contributed by atoms with Crippen LogP contribution in [0.5, 0.6) is 0 Å². The zero-order valence-electron chi connectivity index (χ0n) is 12.5. The molecule has 20 heavy (non-hydrogen) atoms. The van der Waals surface area contributed by atoms with E-state index in [-0.39, 0.29) is 23.9 Å². The third-order valence-corrected chi connectivity index (χ3v) is 4.99. The Balaban J connectivity index is 1.90. The van der Waals surface area contributed by atoms with E-state index in [1.807, 2.05) is 0 Å². The van der Waals surface area contributed by atoms with E-state index in [0.29, 0.717) is 0 Å². The van der Waals surface area contributed by atoms with Crippen LogP contribution in [0.25, 0.3) is 0 Å². The van der Waals surface area contributed by atoms with Gasteiger partial charge >= 0.3 is 12.0 Å². The highest BCUT2D eigenvalue weighted by Gasteiger charge is 2.41. The summed E-state index contributed by atoms with van der Waals surface area (Å²) in [4.78, 5) is 23.1. The van der Waals surface area contributed by atoms with Gasteiger partial charge < -0.3 is 15.7 Å². The number of rotatable bonds is 4. The van der Waals surface area contributed by atoms with Gasteiger partial charge in [0.15, 0.2) is 0 Å². The van der Waals surface area contributed by atoms with Gasteiger partial charge in [-0.3, -0.25) is 4.79 Å². The van der Waals surface area contributed by atoms with E-state index in [9.17, 15) is 9.59 Å². The van der Waals surface area contributed by atoms with Crippen LogP contribution in [0.15, 0.2) is 0 Å². The Morgan fingerprint density at radius 2 is 1.85 bits per heavy atom. The molecule has 2 aliphatic rings. The first-order valence-electron chi connectivity index (χ1n) is 7.64. The summed E-state index contributed by atoms with van der Waals surface area (Å²) < 4.78 is 0. The molecule has 2 saturated carbocycles. The average molecular weight is 282 g/mol. The van der Waals surface area contributed by atoms with E-state index in [0.717, 1.165) is 38.5 Å². The molecule has 1 atom stereocenters. The Labute approximate surface area is 120 Å². The van der Waals surface area contributed by atoms with E-state index in [2.05, 4.69) is 24.5 Å². The van der Waals surface area contributed by atoms with Crippen LogP contribution < -0.4 is 10.6 Å². The number of carbonyl (C=O) groups is 2. The Morgan fingerprint density at radius 3 is 2.35 bits per heavy atom. The van der Waals surface area contributed by atoms with Gasteiger partial charge in [0.25, 0.3) is 0 Å². The minimum atomic E-state index is -0.844. The fourth-order valence-electron chi connectivity index (χ4n) is 3.44. The van der Waals surface area contributed by atoms with Crippen LogP contribution in [0, 0.1) is 5.41 Å². The molecule has 2 rings (SSSR count). The number of aliphatic carboxylic acids is 1. The standard InChI is InChI=1S/C15H26N2O3/c1-14(2)7-4-3-6-11(14)16-13(20)17-15(8-5-9-15)10-12(18)19/h11H,3-10H2,1-2H3,(H,18,19)(H2,16,17,20). The molecule has 0 bridgehead atoms. The van der Waals surface area contributed by atoms with E-state index in [1.54, 1.807) is 0 Å². The van der Waals surface area contributed by atoms with Gasteiger partial charge in [0, 0.05) is 6.04 Å². The van der Waals surface area contributed by atoms with Crippen molar-refractivity contribution in [2.75, 3.05) is 0 Å². The lowest BCUT2D eigenvalue weighted by Gasteiger charge is -2.43. The van der Waals surface area contributed by atoms with Crippen LogP contribution in [-0.4, -0.2) is 28.7 Å². The molecule has 0 aliphatic heterocycles. The summed E-state index contributed by atoms with van der Waals surface area (Å²) in [6.45, 7) is 4.38. The molecular formula is C15H26N2O3. The normalized spacial score (nSPS) is 27.2. The number of hydrogen-bond donors (Lipinski definition) is 3. The number of hydrogen-bond acceptors (Lipinski definition) is 2. The quantitative estimate of drug-likeness (QED) is 0.741. The van der Waals surface area contributed by atoms with E-state index < -0.39 is 11.5 Å². The predicted octanol–water partition coefficient (Wildman–Crippen LogP) is 2.65. The summed E-state index contributed by atoms with van der Waals surface area (Å²) in [6.07, 6.45) is 7.04. The first kappa shape index (κ1) is 15.1. The highest BCUT2D eigenvalue weighted by molar-refractivity contribution is 5.77. The van der Waals surface area contributed by atoms with Gasteiger partial charge in [-0.2, -0.15) is 0 Å². The first-order valence-corrected chi connectivity index (χ1v) is 7.64. The minimum Gasteiger partial charge on any atom is -0.481 e. The van der Waals surface area contributed by atoms with Crippen LogP contribution in [-0.2, 0) is 4.79 Å². The minimum absolute atomic E-state index is 0.0223. The third-order valence-electron chi connectivity index (χ3n) is 4.99. The van der Waals surface area contributed by atoms with Crippen molar-refractivity contribution < 1.29 is 14.7 Å². The molecule has 1 unspecified atom stereocenters. The number of carbonyl (C=O) groups excluding carboxylic acids is 1. The summed E-state index contributed by atoms with van der Waals surface area (Å²) in [5, 5.41) is 14.9. The summed E-state index contributed by atoms with van der Waals surface area (Å²) in [5.74, 6) is -0.844. The largest absolute Gasteiger partial charge is 0.481 e. The molecule has 0 aromatic heterocycles. The van der Waals surface area contributed by atoms with Crippen LogP contribution in [0.4, 0.5) is 4.79 Å². The highest BCUT2D eigenvalue weighted by Crippen LogP contribution is 2.37. The predicted molar refractivity (Wildman–Crippen MR) is 76.5 cm³/mol. The van der Waals surface area contributed by atoms with Crippen molar-refractivity contribution in [3.8, 4) is 0 Å². The van der Waals surface area contributed by atoms with Crippen molar-refractivity contribution >= 4 is 12.0 Å². The van der Waals surface area contributed by atoms with Crippen molar-refractivity contribution in [2.24, 2.45) is 5.41 Å². The molecule has 2 amide bonds. The summed E-state index contributed by atoms with van der Waals surface area (Å²) >= 11 is 0. The highest BCUT2D eigenvalue weighted by atomic mass is 16.4. The zero-order chi connectivity index (χ0) is 14.8. The number of urea groups is 1. The Bertz CT molecular complexity index is 389. The van der Waals surface area contributed by atoms with Crippen molar-refractivity contribution in [1.29, 1.82) is 0 Å². The third kappa shape index (κ3) is 3.44. The fraction of sp³-hybridized carbons (Fsp3) is 0.867. The topological polar surface area (TPSA) is 78.4 Å². The molecule has 0 aromatic rings. The van der Waals surface area contributed by atoms with E-state index in [1.165, 1.54) is 6.42 Å². The van der Waals surface area contributed by atoms with Crippen molar-refractivity contribution in [3.63, 3.8) is 0 Å². The molecule has 0 heterocycles. The van der Waals surface area contributed by atoms with Crippen molar-refractivity contribution in [1.82, 2.24) is 10.6 Å². The lowest BCUT2D eigenvalue weighted by atomic mass is 9.73. The molecule has 3 N–H and O–H groups in total. The monoisotopic (exact) mass is 282 g/mol. The maximum absolute atomic E-state index is 12.2. The summed E-state index contributed by atoms with van der Waals surface area (Å²) in [6, 6.07) is -0.0240. The maximum atomic E-state index is 12.2. The molecule has 114 valence electrons. The molecule has 2 aliphatic carbocycles. The molecule has 5 nitrogen and oxygen atoms in total. The Hall–Kier alpha value is -1.26. The van der Waals surface area contributed by atoms with Gasteiger partial charge in [-0.15, -0.1) is 0 Å². The second-order valence-corrected chi connectivity index (χ2v) is 7.09. The smallest absolute Gasteiger partial charge is 0.315 e. The SMILES string of the molecule is CC1(C)CCCCC1NC(=O)NC1(CC(=O)O)CCC1. The molecule has 5 heteroatoms. The molecular weight excluding hydrogens is 256 g/mol. The van der Waals surface area contributed by atoms with Gasteiger partial charge in [-0.25, -0.2) is 4.79 Å². The number of amides is 2. The van der Waals surface area contributed by atoms with Crippen LogP contribution in [0.3, 0.4) is 0 Å².